The van der Waals surface area contributed by atoms with Crippen molar-refractivity contribution in [3.63, 3.8) is 0 Å². The molecular formula is C10H12N2O. The summed E-state index contributed by atoms with van der Waals surface area (Å²) < 4.78 is 5.12. The number of fused-ring (bicyclic) bond motifs is 1. The van der Waals surface area contributed by atoms with E-state index in [-0.39, 0.29) is 0 Å². The molecule has 0 fully saturated rings. The zero-order valence-electron chi connectivity index (χ0n) is 7.79. The number of benzene rings is 1. The van der Waals surface area contributed by atoms with Crippen LogP contribution >= 0.6 is 0 Å². The third-order valence-corrected chi connectivity index (χ3v) is 2.05. The fourth-order valence-corrected chi connectivity index (χ4v) is 1.35. The quantitative estimate of drug-likeness (QED) is 0.711. The molecule has 0 unspecified atom stereocenters. The van der Waals surface area contributed by atoms with Crippen molar-refractivity contribution in [2.75, 3.05) is 19.0 Å². The Kier molecular flexibility index (Phi) is 1.93. The predicted octanol–water partition coefficient (Wildman–Crippen LogP) is 2.21. The summed E-state index contributed by atoms with van der Waals surface area (Å²) in [4.78, 5) is 4.43. The zero-order chi connectivity index (χ0) is 9.26. The predicted molar refractivity (Wildman–Crippen MR) is 54.3 cm³/mol. The second-order valence-corrected chi connectivity index (χ2v) is 3.08. The average Bonchev–Trinajstić information content (AvgIpc) is 2.16. The van der Waals surface area contributed by atoms with Gasteiger partial charge in [0.05, 0.1) is 25.0 Å². The Hall–Kier alpha value is -1.51. The van der Waals surface area contributed by atoms with E-state index >= 15 is 0 Å². The molecule has 1 aliphatic rings. The number of ether oxygens (including phenoxy) is 1. The van der Waals surface area contributed by atoms with Gasteiger partial charge in [0.15, 0.2) is 0 Å². The molecule has 0 bridgehead atoms. The lowest BCUT2D eigenvalue weighted by molar-refractivity contribution is 0.415. The minimum Gasteiger partial charge on any atom is -0.497 e. The van der Waals surface area contributed by atoms with Gasteiger partial charge < -0.3 is 10.1 Å². The van der Waals surface area contributed by atoms with E-state index in [2.05, 4.69) is 10.3 Å². The molecule has 1 aromatic carbocycles. The smallest absolute Gasteiger partial charge is 0.121 e. The van der Waals surface area contributed by atoms with Crippen molar-refractivity contribution in [1.82, 2.24) is 0 Å². The Bertz CT molecular complexity index is 358. The number of methoxy groups -OCH3 is 1. The van der Waals surface area contributed by atoms with Crippen LogP contribution in [0, 0.1) is 0 Å². The second kappa shape index (κ2) is 3.09. The zero-order valence-corrected chi connectivity index (χ0v) is 7.79. The summed E-state index contributed by atoms with van der Waals surface area (Å²) in [5, 5.41) is 3.28. The van der Waals surface area contributed by atoms with E-state index < -0.39 is 0 Å². The molecule has 1 N–H and O–H groups in total. The maximum atomic E-state index is 5.12. The van der Waals surface area contributed by atoms with Crippen molar-refractivity contribution in [2.24, 2.45) is 4.99 Å². The van der Waals surface area contributed by atoms with Gasteiger partial charge in [0, 0.05) is 11.8 Å². The maximum Gasteiger partial charge on any atom is 0.121 e. The van der Waals surface area contributed by atoms with Crippen LogP contribution in [0.5, 0.6) is 5.75 Å². The largest absolute Gasteiger partial charge is 0.497 e. The molecule has 2 rings (SSSR count). The van der Waals surface area contributed by atoms with Crippen LogP contribution in [0.3, 0.4) is 0 Å². The number of hydrogen-bond donors (Lipinski definition) is 1. The van der Waals surface area contributed by atoms with Crippen LogP contribution in [0.25, 0.3) is 0 Å². The molecule has 0 aromatic heterocycles. The highest BCUT2D eigenvalue weighted by Gasteiger charge is 2.08. The van der Waals surface area contributed by atoms with Crippen molar-refractivity contribution < 1.29 is 4.74 Å². The van der Waals surface area contributed by atoms with Crippen LogP contribution in [-0.2, 0) is 0 Å². The monoisotopic (exact) mass is 176 g/mol. The van der Waals surface area contributed by atoms with E-state index in [0.29, 0.717) is 0 Å². The van der Waals surface area contributed by atoms with Crippen LogP contribution in [0.4, 0.5) is 11.4 Å². The van der Waals surface area contributed by atoms with E-state index in [0.717, 1.165) is 29.4 Å². The number of rotatable bonds is 1. The Labute approximate surface area is 77.4 Å². The van der Waals surface area contributed by atoms with Crippen molar-refractivity contribution in [1.29, 1.82) is 0 Å². The molecule has 0 amide bonds. The van der Waals surface area contributed by atoms with E-state index in [1.54, 1.807) is 7.11 Å². The van der Waals surface area contributed by atoms with Gasteiger partial charge in [-0.3, -0.25) is 4.99 Å². The van der Waals surface area contributed by atoms with E-state index in [1.807, 2.05) is 25.1 Å². The van der Waals surface area contributed by atoms with Gasteiger partial charge in [-0.2, -0.15) is 0 Å². The molecule has 3 heteroatoms. The van der Waals surface area contributed by atoms with Gasteiger partial charge in [0.25, 0.3) is 0 Å². The Morgan fingerprint density at radius 3 is 3.08 bits per heavy atom. The number of nitrogens with one attached hydrogen (secondary N) is 1. The van der Waals surface area contributed by atoms with Gasteiger partial charge in [0.2, 0.25) is 0 Å². The molecule has 0 spiro atoms. The molecule has 13 heavy (non-hydrogen) atoms. The van der Waals surface area contributed by atoms with Crippen LogP contribution in [0.15, 0.2) is 23.2 Å². The van der Waals surface area contributed by atoms with Crippen molar-refractivity contribution in [3.8, 4) is 5.75 Å². The lowest BCUT2D eigenvalue weighted by atomic mass is 10.2. The molecule has 0 atom stereocenters. The summed E-state index contributed by atoms with van der Waals surface area (Å²) >= 11 is 0. The maximum absolute atomic E-state index is 5.12. The molecule has 1 heterocycles. The van der Waals surface area contributed by atoms with Crippen LogP contribution < -0.4 is 10.1 Å². The molecule has 0 radical (unpaired) electrons. The second-order valence-electron chi connectivity index (χ2n) is 3.08. The third kappa shape index (κ3) is 1.49. The summed E-state index contributed by atoms with van der Waals surface area (Å²) in [6, 6.07) is 5.86. The van der Waals surface area contributed by atoms with E-state index in [1.165, 1.54) is 0 Å². The Balaban J connectivity index is 2.45. The average molecular weight is 176 g/mol. The fraction of sp³-hybridized carbons (Fsp3) is 0.300. The molecule has 0 aliphatic carbocycles. The highest BCUT2D eigenvalue weighted by Crippen LogP contribution is 2.31. The summed E-state index contributed by atoms with van der Waals surface area (Å²) in [6.45, 7) is 2.84. The third-order valence-electron chi connectivity index (χ3n) is 2.05. The van der Waals surface area contributed by atoms with Gasteiger partial charge in [0.1, 0.15) is 5.75 Å². The van der Waals surface area contributed by atoms with Gasteiger partial charge in [-0.1, -0.05) is 0 Å². The molecule has 1 aromatic rings. The highest BCUT2D eigenvalue weighted by atomic mass is 16.5. The number of hydrogen-bond acceptors (Lipinski definition) is 3. The summed E-state index contributed by atoms with van der Waals surface area (Å²) in [5.74, 6) is 0.846. The SMILES string of the molecule is COc1ccc2c(c1)N=C(C)CN2. The van der Waals surface area contributed by atoms with Crippen molar-refractivity contribution >= 4 is 17.1 Å². The van der Waals surface area contributed by atoms with E-state index in [4.69, 9.17) is 4.74 Å². The molecular weight excluding hydrogens is 164 g/mol. The fourth-order valence-electron chi connectivity index (χ4n) is 1.35. The normalized spacial score (nSPS) is 14.2. The molecule has 0 saturated carbocycles. The van der Waals surface area contributed by atoms with Gasteiger partial charge in [-0.25, -0.2) is 0 Å². The molecule has 68 valence electrons. The number of nitrogens with zero attached hydrogens (tertiary/aromatic N) is 1. The first-order chi connectivity index (χ1) is 6.29. The highest BCUT2D eigenvalue weighted by molar-refractivity contribution is 5.93. The first-order valence-corrected chi connectivity index (χ1v) is 4.25. The molecule has 0 saturated heterocycles. The van der Waals surface area contributed by atoms with Gasteiger partial charge in [-0.05, 0) is 19.1 Å². The molecule has 1 aliphatic heterocycles. The summed E-state index contributed by atoms with van der Waals surface area (Å²) in [7, 11) is 1.66. The summed E-state index contributed by atoms with van der Waals surface area (Å²) in [5.41, 5.74) is 3.13. The van der Waals surface area contributed by atoms with Gasteiger partial charge >= 0.3 is 0 Å². The number of anilines is 1. The lowest BCUT2D eigenvalue weighted by Gasteiger charge is -2.15. The first kappa shape index (κ1) is 8.10. The minimum atomic E-state index is 0.833. The Morgan fingerprint density at radius 1 is 1.46 bits per heavy atom. The molecule has 3 nitrogen and oxygen atoms in total. The Morgan fingerprint density at radius 2 is 2.31 bits per heavy atom. The van der Waals surface area contributed by atoms with Crippen LogP contribution in [-0.4, -0.2) is 19.4 Å². The minimum absolute atomic E-state index is 0.833. The topological polar surface area (TPSA) is 33.6 Å². The van der Waals surface area contributed by atoms with Gasteiger partial charge in [-0.15, -0.1) is 0 Å². The van der Waals surface area contributed by atoms with Crippen molar-refractivity contribution in [3.05, 3.63) is 18.2 Å². The van der Waals surface area contributed by atoms with Crippen molar-refractivity contribution in [2.45, 2.75) is 6.92 Å². The number of aliphatic imine (C=N–C) groups is 1. The summed E-state index contributed by atoms with van der Waals surface area (Å²) in [6.07, 6.45) is 0. The van der Waals surface area contributed by atoms with Crippen LogP contribution in [0.2, 0.25) is 0 Å². The van der Waals surface area contributed by atoms with Crippen LogP contribution in [0.1, 0.15) is 6.92 Å². The standard InChI is InChI=1S/C10H12N2O/c1-7-6-11-9-4-3-8(13-2)5-10(9)12-7/h3-5,11H,6H2,1-2H3. The van der Waals surface area contributed by atoms with E-state index in [9.17, 15) is 0 Å². The lowest BCUT2D eigenvalue weighted by Crippen LogP contribution is -2.14. The first-order valence-electron chi connectivity index (χ1n) is 4.25.